The number of methoxy groups -OCH3 is 1. The number of aliphatic hydroxyl groups is 2. The first-order chi connectivity index (χ1) is 9.54. The third kappa shape index (κ3) is 2.71. The molecule has 0 spiro atoms. The van der Waals surface area contributed by atoms with E-state index in [1.165, 1.54) is 0 Å². The molecule has 0 aliphatic carbocycles. The quantitative estimate of drug-likeness (QED) is 0.805. The van der Waals surface area contributed by atoms with Gasteiger partial charge in [-0.1, -0.05) is 18.2 Å². The minimum Gasteiger partial charge on any atom is -0.467 e. The number of ether oxygens (including phenoxy) is 1. The first-order valence-electron chi connectivity index (χ1n) is 6.10. The van der Waals surface area contributed by atoms with E-state index in [-0.39, 0.29) is 0 Å². The van der Waals surface area contributed by atoms with Crippen molar-refractivity contribution in [1.82, 2.24) is 9.78 Å². The fourth-order valence-corrected chi connectivity index (χ4v) is 1.90. The third-order valence-corrected chi connectivity index (χ3v) is 3.02. The first kappa shape index (κ1) is 14.2. The van der Waals surface area contributed by atoms with E-state index in [4.69, 9.17) is 0 Å². The van der Waals surface area contributed by atoms with Crippen LogP contribution in [-0.4, -0.2) is 39.2 Å². The Morgan fingerprint density at radius 2 is 1.95 bits per heavy atom. The molecule has 2 aromatic rings. The number of aromatic nitrogens is 2. The van der Waals surface area contributed by atoms with Crippen molar-refractivity contribution in [2.75, 3.05) is 7.11 Å². The molecule has 20 heavy (non-hydrogen) atoms. The molecule has 1 aromatic carbocycles. The highest BCUT2D eigenvalue weighted by molar-refractivity contribution is 5.75. The Morgan fingerprint density at radius 1 is 1.30 bits per heavy atom. The van der Waals surface area contributed by atoms with Crippen LogP contribution < -0.4 is 0 Å². The molecule has 6 nitrogen and oxygen atoms in total. The number of nitrogens with zero attached hydrogens (tertiary/aromatic N) is 2. The molecule has 2 rings (SSSR count). The van der Waals surface area contributed by atoms with Gasteiger partial charge in [0.25, 0.3) is 0 Å². The second kappa shape index (κ2) is 5.85. The van der Waals surface area contributed by atoms with Crippen molar-refractivity contribution >= 4 is 5.97 Å². The highest BCUT2D eigenvalue weighted by Gasteiger charge is 2.29. The van der Waals surface area contributed by atoms with Crippen LogP contribution in [0.4, 0.5) is 0 Å². The molecule has 106 valence electrons. The Morgan fingerprint density at radius 3 is 2.55 bits per heavy atom. The second-order valence-electron chi connectivity index (χ2n) is 4.36. The number of esters is 1. The lowest BCUT2D eigenvalue weighted by Gasteiger charge is -2.14. The molecule has 0 saturated heterocycles. The SMILES string of the molecule is COC(=O)C(O)C(O)c1cn(-c2ccccc2)nc1C. The Hall–Kier alpha value is -2.18. The molecule has 0 aliphatic rings. The Labute approximate surface area is 116 Å². The Kier molecular flexibility index (Phi) is 4.16. The van der Waals surface area contributed by atoms with Gasteiger partial charge in [0.05, 0.1) is 18.5 Å². The van der Waals surface area contributed by atoms with E-state index in [9.17, 15) is 15.0 Å². The molecular formula is C14H16N2O4. The number of carbonyl (C=O) groups is 1. The number of hydrogen-bond acceptors (Lipinski definition) is 5. The van der Waals surface area contributed by atoms with Crippen LogP contribution in [0.1, 0.15) is 17.4 Å². The van der Waals surface area contributed by atoms with Gasteiger partial charge in [0, 0.05) is 11.8 Å². The standard InChI is InChI=1S/C14H16N2O4/c1-9-11(12(17)13(18)14(19)20-2)8-16(15-9)10-6-4-3-5-7-10/h3-8,12-13,17-18H,1-2H3. The van der Waals surface area contributed by atoms with E-state index in [0.717, 1.165) is 12.8 Å². The van der Waals surface area contributed by atoms with Gasteiger partial charge in [-0.3, -0.25) is 0 Å². The summed E-state index contributed by atoms with van der Waals surface area (Å²) in [6.07, 6.45) is -1.42. The normalized spacial score (nSPS) is 13.8. The molecule has 2 N–H and O–H groups in total. The number of hydrogen-bond donors (Lipinski definition) is 2. The first-order valence-corrected chi connectivity index (χ1v) is 6.10. The van der Waals surface area contributed by atoms with E-state index < -0.39 is 18.2 Å². The number of benzene rings is 1. The van der Waals surface area contributed by atoms with Crippen LogP contribution in [0, 0.1) is 6.92 Å². The number of rotatable bonds is 4. The van der Waals surface area contributed by atoms with Gasteiger partial charge in [-0.05, 0) is 19.1 Å². The van der Waals surface area contributed by atoms with Gasteiger partial charge in [0.2, 0.25) is 0 Å². The summed E-state index contributed by atoms with van der Waals surface area (Å²) in [5.74, 6) is -0.885. The predicted molar refractivity (Wildman–Crippen MR) is 71.3 cm³/mol. The number of aryl methyl sites for hydroxylation is 1. The predicted octanol–water partition coefficient (Wildman–Crippen LogP) is 0.748. The van der Waals surface area contributed by atoms with Gasteiger partial charge < -0.3 is 14.9 Å². The number of aliphatic hydroxyl groups excluding tert-OH is 2. The fourth-order valence-electron chi connectivity index (χ4n) is 1.90. The van der Waals surface area contributed by atoms with E-state index in [2.05, 4.69) is 9.84 Å². The van der Waals surface area contributed by atoms with Gasteiger partial charge in [0.15, 0.2) is 6.10 Å². The van der Waals surface area contributed by atoms with E-state index in [1.54, 1.807) is 17.8 Å². The van der Waals surface area contributed by atoms with Gasteiger partial charge in [-0.25, -0.2) is 9.48 Å². The number of carbonyl (C=O) groups excluding carboxylic acids is 1. The summed E-state index contributed by atoms with van der Waals surface area (Å²) < 4.78 is 5.99. The van der Waals surface area contributed by atoms with Crippen LogP contribution in [0.3, 0.4) is 0 Å². The highest BCUT2D eigenvalue weighted by Crippen LogP contribution is 2.22. The molecule has 2 unspecified atom stereocenters. The Balaban J connectivity index is 2.30. The minimum atomic E-state index is -1.63. The van der Waals surface area contributed by atoms with Crippen LogP contribution in [0.5, 0.6) is 0 Å². The van der Waals surface area contributed by atoms with Crippen LogP contribution >= 0.6 is 0 Å². The molecule has 0 amide bonds. The molecule has 0 aliphatic heterocycles. The highest BCUT2D eigenvalue weighted by atomic mass is 16.5. The molecule has 2 atom stereocenters. The third-order valence-electron chi connectivity index (χ3n) is 3.02. The summed E-state index contributed by atoms with van der Waals surface area (Å²) in [7, 11) is 1.15. The molecule has 1 heterocycles. The lowest BCUT2D eigenvalue weighted by molar-refractivity contribution is -0.156. The van der Waals surface area contributed by atoms with Gasteiger partial charge in [0.1, 0.15) is 6.10 Å². The maximum atomic E-state index is 11.3. The summed E-state index contributed by atoms with van der Waals surface area (Å²) in [5.41, 5.74) is 1.73. The van der Waals surface area contributed by atoms with E-state index in [0.29, 0.717) is 11.3 Å². The maximum Gasteiger partial charge on any atom is 0.337 e. The molecule has 0 radical (unpaired) electrons. The van der Waals surface area contributed by atoms with Crippen molar-refractivity contribution in [3.63, 3.8) is 0 Å². The zero-order valence-electron chi connectivity index (χ0n) is 11.2. The fraction of sp³-hybridized carbons (Fsp3) is 0.286. The zero-order valence-corrected chi connectivity index (χ0v) is 11.2. The van der Waals surface area contributed by atoms with E-state index >= 15 is 0 Å². The second-order valence-corrected chi connectivity index (χ2v) is 4.36. The van der Waals surface area contributed by atoms with Crippen molar-refractivity contribution < 1.29 is 19.7 Å². The van der Waals surface area contributed by atoms with Gasteiger partial charge >= 0.3 is 5.97 Å². The number of para-hydroxylation sites is 1. The summed E-state index contributed by atoms with van der Waals surface area (Å²) in [5, 5.41) is 24.0. The zero-order chi connectivity index (χ0) is 14.7. The average molecular weight is 276 g/mol. The van der Waals surface area contributed by atoms with Crippen molar-refractivity contribution in [3.05, 3.63) is 47.8 Å². The summed E-state index contributed by atoms with van der Waals surface area (Å²) in [4.78, 5) is 11.3. The smallest absolute Gasteiger partial charge is 0.337 e. The molecular weight excluding hydrogens is 260 g/mol. The summed E-state index contributed by atoms with van der Waals surface area (Å²) in [6.45, 7) is 1.70. The van der Waals surface area contributed by atoms with Gasteiger partial charge in [-0.2, -0.15) is 5.10 Å². The largest absolute Gasteiger partial charge is 0.467 e. The Bertz CT molecular complexity index is 594. The van der Waals surface area contributed by atoms with Gasteiger partial charge in [-0.15, -0.1) is 0 Å². The van der Waals surface area contributed by atoms with E-state index in [1.807, 2.05) is 30.3 Å². The molecule has 0 fully saturated rings. The van der Waals surface area contributed by atoms with Crippen molar-refractivity contribution in [1.29, 1.82) is 0 Å². The van der Waals surface area contributed by atoms with Crippen LogP contribution in [0.2, 0.25) is 0 Å². The van der Waals surface area contributed by atoms with Crippen LogP contribution in [-0.2, 0) is 9.53 Å². The van der Waals surface area contributed by atoms with Crippen LogP contribution in [0.25, 0.3) is 5.69 Å². The average Bonchev–Trinajstić information content (AvgIpc) is 2.87. The topological polar surface area (TPSA) is 84.6 Å². The minimum absolute atomic E-state index is 0.381. The lowest BCUT2D eigenvalue weighted by Crippen LogP contribution is -2.29. The molecule has 0 saturated carbocycles. The lowest BCUT2D eigenvalue weighted by atomic mass is 10.1. The summed E-state index contributed by atoms with van der Waals surface area (Å²) in [6, 6.07) is 9.34. The monoisotopic (exact) mass is 276 g/mol. The molecule has 0 bridgehead atoms. The maximum absolute atomic E-state index is 11.3. The van der Waals surface area contributed by atoms with Crippen LogP contribution in [0.15, 0.2) is 36.5 Å². The molecule has 1 aromatic heterocycles. The van der Waals surface area contributed by atoms with Crippen molar-refractivity contribution in [2.45, 2.75) is 19.1 Å². The summed E-state index contributed by atoms with van der Waals surface area (Å²) >= 11 is 0. The molecule has 6 heteroatoms. The van der Waals surface area contributed by atoms with Crippen molar-refractivity contribution in [3.8, 4) is 5.69 Å². The van der Waals surface area contributed by atoms with Crippen molar-refractivity contribution in [2.24, 2.45) is 0 Å².